The van der Waals surface area contributed by atoms with E-state index in [2.05, 4.69) is 4.98 Å². The fraction of sp³-hybridized carbons (Fsp3) is 0.538. The summed E-state index contributed by atoms with van der Waals surface area (Å²) in [6.07, 6.45) is -2.65. The SMILES string of the molecule is CCCN(CC(F)(F)F)c1nccc(C(=O)OCC)c1N. The van der Waals surface area contributed by atoms with Crippen LogP contribution in [-0.2, 0) is 4.74 Å². The van der Waals surface area contributed by atoms with Crippen LogP contribution < -0.4 is 10.6 Å². The first-order valence-electron chi connectivity index (χ1n) is 6.53. The molecule has 2 N–H and O–H groups in total. The summed E-state index contributed by atoms with van der Waals surface area (Å²) >= 11 is 0. The van der Waals surface area contributed by atoms with Gasteiger partial charge in [0.1, 0.15) is 6.54 Å². The maximum atomic E-state index is 12.6. The Kier molecular flexibility index (Phi) is 5.80. The molecule has 0 aliphatic carbocycles. The zero-order valence-electron chi connectivity index (χ0n) is 11.9. The van der Waals surface area contributed by atoms with E-state index in [1.165, 1.54) is 12.3 Å². The normalized spacial score (nSPS) is 11.3. The molecular weight excluding hydrogens is 287 g/mol. The number of anilines is 2. The Morgan fingerprint density at radius 1 is 1.43 bits per heavy atom. The minimum Gasteiger partial charge on any atom is -0.462 e. The maximum Gasteiger partial charge on any atom is 0.405 e. The average molecular weight is 305 g/mol. The first-order valence-corrected chi connectivity index (χ1v) is 6.53. The van der Waals surface area contributed by atoms with Crippen LogP contribution >= 0.6 is 0 Å². The summed E-state index contributed by atoms with van der Waals surface area (Å²) in [5.74, 6) is -0.734. The van der Waals surface area contributed by atoms with E-state index in [1.54, 1.807) is 13.8 Å². The number of aromatic nitrogens is 1. The van der Waals surface area contributed by atoms with Crippen molar-refractivity contribution in [2.24, 2.45) is 0 Å². The van der Waals surface area contributed by atoms with E-state index in [9.17, 15) is 18.0 Å². The summed E-state index contributed by atoms with van der Waals surface area (Å²) in [5, 5.41) is 0. The summed E-state index contributed by atoms with van der Waals surface area (Å²) < 4.78 is 42.7. The van der Waals surface area contributed by atoms with Gasteiger partial charge in [-0.25, -0.2) is 9.78 Å². The van der Waals surface area contributed by atoms with Gasteiger partial charge in [0, 0.05) is 12.7 Å². The predicted octanol–water partition coefficient (Wildman–Crippen LogP) is 2.62. The van der Waals surface area contributed by atoms with Gasteiger partial charge < -0.3 is 15.4 Å². The molecule has 0 bridgehead atoms. The second kappa shape index (κ2) is 7.14. The van der Waals surface area contributed by atoms with Gasteiger partial charge in [-0.05, 0) is 19.4 Å². The number of carbonyl (C=O) groups is 1. The Hall–Kier alpha value is -1.99. The lowest BCUT2D eigenvalue weighted by Crippen LogP contribution is -2.36. The molecule has 8 heteroatoms. The molecule has 1 rings (SSSR count). The summed E-state index contributed by atoms with van der Waals surface area (Å²) in [4.78, 5) is 16.6. The van der Waals surface area contributed by atoms with Crippen molar-refractivity contribution in [3.8, 4) is 0 Å². The molecule has 0 saturated heterocycles. The molecule has 0 aliphatic heterocycles. The largest absolute Gasteiger partial charge is 0.462 e. The number of nitrogens with zero attached hydrogens (tertiary/aromatic N) is 2. The third-order valence-electron chi connectivity index (χ3n) is 2.63. The first-order chi connectivity index (χ1) is 9.80. The predicted molar refractivity (Wildman–Crippen MR) is 73.2 cm³/mol. The standard InChI is InChI=1S/C13H18F3N3O2/c1-3-7-19(8-13(14,15)16)11-10(17)9(5-6-18-11)12(20)21-4-2/h5-6H,3-4,7-8,17H2,1-2H3. The van der Waals surface area contributed by atoms with E-state index in [1.807, 2.05) is 0 Å². The third-order valence-corrected chi connectivity index (χ3v) is 2.63. The number of carbonyl (C=O) groups excluding carboxylic acids is 1. The molecule has 0 fully saturated rings. The summed E-state index contributed by atoms with van der Waals surface area (Å²) in [6.45, 7) is 2.47. The molecule has 5 nitrogen and oxygen atoms in total. The molecule has 1 aromatic heterocycles. The second-order valence-electron chi connectivity index (χ2n) is 4.35. The number of esters is 1. The van der Waals surface area contributed by atoms with Gasteiger partial charge in [-0.3, -0.25) is 0 Å². The van der Waals surface area contributed by atoms with Gasteiger partial charge in [0.2, 0.25) is 0 Å². The van der Waals surface area contributed by atoms with E-state index in [-0.39, 0.29) is 30.2 Å². The van der Waals surface area contributed by atoms with Crippen LogP contribution in [0.25, 0.3) is 0 Å². The Labute approximate surface area is 120 Å². The molecule has 118 valence electrons. The van der Waals surface area contributed by atoms with Crippen LogP contribution in [0.2, 0.25) is 0 Å². The number of rotatable bonds is 6. The van der Waals surface area contributed by atoms with Crippen molar-refractivity contribution < 1.29 is 22.7 Å². The van der Waals surface area contributed by atoms with E-state index >= 15 is 0 Å². The highest BCUT2D eigenvalue weighted by Gasteiger charge is 2.32. The lowest BCUT2D eigenvalue weighted by atomic mass is 10.2. The molecule has 0 atom stereocenters. The van der Waals surface area contributed by atoms with Crippen molar-refractivity contribution in [1.29, 1.82) is 0 Å². The van der Waals surface area contributed by atoms with Gasteiger partial charge in [-0.2, -0.15) is 13.2 Å². The summed E-state index contributed by atoms with van der Waals surface area (Å²) in [7, 11) is 0. The number of alkyl halides is 3. The van der Waals surface area contributed by atoms with Crippen molar-refractivity contribution >= 4 is 17.5 Å². The van der Waals surface area contributed by atoms with E-state index in [0.29, 0.717) is 6.42 Å². The Morgan fingerprint density at radius 3 is 2.62 bits per heavy atom. The van der Waals surface area contributed by atoms with Gasteiger partial charge in [-0.15, -0.1) is 0 Å². The number of halogens is 3. The van der Waals surface area contributed by atoms with Gasteiger partial charge >= 0.3 is 12.1 Å². The zero-order valence-corrected chi connectivity index (χ0v) is 11.9. The van der Waals surface area contributed by atoms with Crippen molar-refractivity contribution in [2.45, 2.75) is 26.4 Å². The number of hydrogen-bond acceptors (Lipinski definition) is 5. The average Bonchev–Trinajstić information content (AvgIpc) is 2.37. The first kappa shape index (κ1) is 17.1. The number of nitrogens with two attached hydrogens (primary N) is 1. The Bertz CT molecular complexity index is 492. The molecule has 0 aliphatic rings. The van der Waals surface area contributed by atoms with Crippen molar-refractivity contribution in [3.63, 3.8) is 0 Å². The molecule has 0 spiro atoms. The lowest BCUT2D eigenvalue weighted by molar-refractivity contribution is -0.119. The van der Waals surface area contributed by atoms with Gasteiger partial charge in [0.05, 0.1) is 17.9 Å². The van der Waals surface area contributed by atoms with Crippen LogP contribution in [0, 0.1) is 0 Å². The molecule has 0 aromatic carbocycles. The van der Waals surface area contributed by atoms with E-state index in [0.717, 1.165) is 4.90 Å². The molecule has 0 radical (unpaired) electrons. The van der Waals surface area contributed by atoms with Crippen molar-refractivity contribution in [1.82, 2.24) is 4.98 Å². The smallest absolute Gasteiger partial charge is 0.405 e. The lowest BCUT2D eigenvalue weighted by Gasteiger charge is -2.26. The van der Waals surface area contributed by atoms with Crippen LogP contribution in [-0.4, -0.2) is 36.8 Å². The number of pyridine rings is 1. The molecule has 0 unspecified atom stereocenters. The molecule has 21 heavy (non-hydrogen) atoms. The topological polar surface area (TPSA) is 68.5 Å². The quantitative estimate of drug-likeness (QED) is 0.818. The van der Waals surface area contributed by atoms with Crippen LogP contribution in [0.3, 0.4) is 0 Å². The van der Waals surface area contributed by atoms with Crippen LogP contribution in [0.4, 0.5) is 24.7 Å². The fourth-order valence-corrected chi connectivity index (χ4v) is 1.85. The molecule has 0 saturated carbocycles. The van der Waals surface area contributed by atoms with Gasteiger partial charge in [0.15, 0.2) is 5.82 Å². The van der Waals surface area contributed by atoms with Gasteiger partial charge in [0.25, 0.3) is 0 Å². The fourth-order valence-electron chi connectivity index (χ4n) is 1.85. The Morgan fingerprint density at radius 2 is 2.10 bits per heavy atom. The van der Waals surface area contributed by atoms with Crippen molar-refractivity contribution in [3.05, 3.63) is 17.8 Å². The molecule has 1 aromatic rings. The minimum atomic E-state index is -4.39. The molecular formula is C13H18F3N3O2. The van der Waals surface area contributed by atoms with E-state index in [4.69, 9.17) is 10.5 Å². The van der Waals surface area contributed by atoms with E-state index < -0.39 is 18.7 Å². The van der Waals surface area contributed by atoms with Gasteiger partial charge in [-0.1, -0.05) is 6.92 Å². The van der Waals surface area contributed by atoms with Crippen LogP contribution in [0.1, 0.15) is 30.6 Å². The number of ether oxygens (including phenoxy) is 1. The number of hydrogen-bond donors (Lipinski definition) is 1. The second-order valence-corrected chi connectivity index (χ2v) is 4.35. The monoisotopic (exact) mass is 305 g/mol. The maximum absolute atomic E-state index is 12.6. The van der Waals surface area contributed by atoms with Crippen LogP contribution in [0.5, 0.6) is 0 Å². The van der Waals surface area contributed by atoms with Crippen LogP contribution in [0.15, 0.2) is 12.3 Å². The minimum absolute atomic E-state index is 0.0186. The Balaban J connectivity index is 3.14. The van der Waals surface area contributed by atoms with Crippen molar-refractivity contribution in [2.75, 3.05) is 30.3 Å². The molecule has 0 amide bonds. The highest BCUT2D eigenvalue weighted by molar-refractivity contribution is 5.97. The highest BCUT2D eigenvalue weighted by atomic mass is 19.4. The summed E-state index contributed by atoms with van der Waals surface area (Å²) in [5.41, 5.74) is 5.71. The molecule has 1 heterocycles. The number of nitrogen functional groups attached to an aromatic ring is 1. The summed E-state index contributed by atoms with van der Waals surface area (Å²) in [6, 6.07) is 1.33. The highest BCUT2D eigenvalue weighted by Crippen LogP contribution is 2.28. The zero-order chi connectivity index (χ0) is 16.0. The third kappa shape index (κ3) is 4.80.